The number of nitrogens with zero attached hydrogens (tertiary/aromatic N) is 1. The van der Waals surface area contributed by atoms with Crippen LogP contribution in [0.2, 0.25) is 0 Å². The van der Waals surface area contributed by atoms with Crippen molar-refractivity contribution in [1.29, 1.82) is 0 Å². The smallest absolute Gasteiger partial charge is 0.277 e. The molecule has 1 aliphatic rings. The summed E-state index contributed by atoms with van der Waals surface area (Å²) < 4.78 is 13.7. The molecule has 0 unspecified atom stereocenters. The molecule has 20 heavy (non-hydrogen) atoms. The van der Waals surface area contributed by atoms with Gasteiger partial charge in [-0.05, 0) is 18.2 Å². The van der Waals surface area contributed by atoms with Crippen LogP contribution < -0.4 is 5.32 Å². The lowest BCUT2D eigenvalue weighted by Crippen LogP contribution is -2.34. The summed E-state index contributed by atoms with van der Waals surface area (Å²) in [7, 11) is 0. The zero-order valence-corrected chi connectivity index (χ0v) is 10.4. The van der Waals surface area contributed by atoms with E-state index in [-0.39, 0.29) is 24.5 Å². The van der Waals surface area contributed by atoms with E-state index in [2.05, 4.69) is 11.2 Å². The third-order valence-corrected chi connectivity index (χ3v) is 2.74. The first kappa shape index (κ1) is 13.8. The molecule has 0 spiro atoms. The summed E-state index contributed by atoms with van der Waals surface area (Å²) in [5.74, 6) is 0.510. The molecular formula is C14H11FN2O3. The van der Waals surface area contributed by atoms with Crippen LogP contribution >= 0.6 is 0 Å². The van der Waals surface area contributed by atoms with Crippen molar-refractivity contribution in [3.05, 3.63) is 41.4 Å². The average molecular weight is 274 g/mol. The highest BCUT2D eigenvalue weighted by molar-refractivity contribution is 6.17. The number of nitrogens with one attached hydrogen (secondary N) is 1. The number of hydrogen-bond acceptors (Lipinski definition) is 4. The van der Waals surface area contributed by atoms with Gasteiger partial charge in [0.25, 0.3) is 11.8 Å². The first-order chi connectivity index (χ1) is 9.56. The maximum absolute atomic E-state index is 13.7. The maximum atomic E-state index is 13.7. The Morgan fingerprint density at radius 1 is 1.40 bits per heavy atom. The van der Waals surface area contributed by atoms with Gasteiger partial charge in [0, 0.05) is 11.6 Å². The van der Waals surface area contributed by atoms with Crippen LogP contribution in [0.4, 0.5) is 10.1 Å². The Labute approximate surface area is 114 Å². The number of β-amino-alcohol motifs (C(OH)–C–C–N with tert-alkyl or cyclic N) is 1. The summed E-state index contributed by atoms with van der Waals surface area (Å²) in [6.45, 7) is -0.429. The van der Waals surface area contributed by atoms with E-state index in [1.807, 2.05) is 0 Å². The highest BCUT2D eigenvalue weighted by Crippen LogP contribution is 2.20. The number of rotatable bonds is 4. The molecular weight excluding hydrogens is 263 g/mol. The van der Waals surface area contributed by atoms with Crippen molar-refractivity contribution in [2.24, 2.45) is 0 Å². The molecule has 0 saturated carbocycles. The molecule has 5 nitrogen and oxygen atoms in total. The first-order valence-corrected chi connectivity index (χ1v) is 5.78. The number of carbonyl (C=O) groups excluding carboxylic acids is 2. The van der Waals surface area contributed by atoms with Gasteiger partial charge in [-0.2, -0.15) is 0 Å². The fourth-order valence-corrected chi connectivity index (χ4v) is 1.76. The summed E-state index contributed by atoms with van der Waals surface area (Å²) in [5, 5.41) is 11.3. The molecule has 0 aromatic heterocycles. The van der Waals surface area contributed by atoms with Gasteiger partial charge in [-0.25, -0.2) is 4.39 Å². The van der Waals surface area contributed by atoms with Gasteiger partial charge in [0.2, 0.25) is 0 Å². The van der Waals surface area contributed by atoms with Gasteiger partial charge >= 0.3 is 0 Å². The zero-order valence-electron chi connectivity index (χ0n) is 10.4. The monoisotopic (exact) mass is 274 g/mol. The van der Waals surface area contributed by atoms with Gasteiger partial charge in [0.1, 0.15) is 11.5 Å². The van der Waals surface area contributed by atoms with Crippen LogP contribution in [0.5, 0.6) is 0 Å². The molecule has 6 heteroatoms. The van der Waals surface area contributed by atoms with E-state index in [0.717, 1.165) is 17.0 Å². The number of halogens is 1. The van der Waals surface area contributed by atoms with Crippen LogP contribution in [-0.4, -0.2) is 35.0 Å². The normalized spacial score (nSPS) is 14.2. The molecule has 2 rings (SSSR count). The van der Waals surface area contributed by atoms with Gasteiger partial charge < -0.3 is 10.4 Å². The molecule has 1 aromatic rings. The molecule has 1 aromatic carbocycles. The number of aliphatic hydroxyl groups excluding tert-OH is 1. The second-order valence-corrected chi connectivity index (χ2v) is 4.04. The standard InChI is InChI=1S/C14H11FN2O3/c1-2-9-3-4-11(10(15)7-9)16-12-8-13(19)17(5-6-18)14(12)20/h1,3-4,7-8,16,18H,5-6H2. The van der Waals surface area contributed by atoms with E-state index in [4.69, 9.17) is 11.5 Å². The quantitative estimate of drug-likeness (QED) is 0.618. The number of carbonyl (C=O) groups is 2. The van der Waals surface area contributed by atoms with Crippen LogP contribution in [0.3, 0.4) is 0 Å². The fraction of sp³-hybridized carbons (Fsp3) is 0.143. The molecule has 0 bridgehead atoms. The number of hydrogen-bond donors (Lipinski definition) is 2. The summed E-state index contributed by atoms with van der Waals surface area (Å²) in [6.07, 6.45) is 6.21. The van der Waals surface area contributed by atoms with Gasteiger partial charge in [-0.1, -0.05) is 5.92 Å². The van der Waals surface area contributed by atoms with Crippen molar-refractivity contribution in [2.45, 2.75) is 0 Å². The second-order valence-electron chi connectivity index (χ2n) is 4.04. The predicted octanol–water partition coefficient (Wildman–Crippen LogP) is 0.464. The number of terminal acetylenes is 1. The topological polar surface area (TPSA) is 69.6 Å². The number of amides is 2. The SMILES string of the molecule is C#Cc1ccc(NC2=CC(=O)N(CCO)C2=O)c(F)c1. The first-order valence-electron chi connectivity index (χ1n) is 5.78. The van der Waals surface area contributed by atoms with Crippen molar-refractivity contribution in [1.82, 2.24) is 4.90 Å². The Morgan fingerprint density at radius 2 is 2.15 bits per heavy atom. The lowest BCUT2D eigenvalue weighted by atomic mass is 10.2. The lowest BCUT2D eigenvalue weighted by molar-refractivity contribution is -0.137. The predicted molar refractivity (Wildman–Crippen MR) is 69.8 cm³/mol. The molecule has 0 radical (unpaired) electrons. The van der Waals surface area contributed by atoms with E-state index in [1.165, 1.54) is 12.1 Å². The fourth-order valence-electron chi connectivity index (χ4n) is 1.76. The third-order valence-electron chi connectivity index (χ3n) is 2.74. The molecule has 102 valence electrons. The van der Waals surface area contributed by atoms with Gasteiger partial charge in [-0.15, -0.1) is 6.42 Å². The molecule has 0 fully saturated rings. The highest BCUT2D eigenvalue weighted by Gasteiger charge is 2.30. The largest absolute Gasteiger partial charge is 0.395 e. The van der Waals surface area contributed by atoms with Crippen molar-refractivity contribution < 1.29 is 19.1 Å². The van der Waals surface area contributed by atoms with E-state index >= 15 is 0 Å². The molecule has 2 N–H and O–H groups in total. The summed E-state index contributed by atoms with van der Waals surface area (Å²) in [6, 6.07) is 4.05. The second kappa shape index (κ2) is 5.55. The number of benzene rings is 1. The van der Waals surface area contributed by atoms with Crippen molar-refractivity contribution in [3.63, 3.8) is 0 Å². The van der Waals surface area contributed by atoms with E-state index in [0.29, 0.717) is 5.56 Å². The van der Waals surface area contributed by atoms with E-state index in [9.17, 15) is 14.0 Å². The van der Waals surface area contributed by atoms with Crippen LogP contribution in [0.15, 0.2) is 30.0 Å². The lowest BCUT2D eigenvalue weighted by Gasteiger charge is -2.13. The Bertz CT molecular complexity index is 646. The average Bonchev–Trinajstić information content (AvgIpc) is 2.69. The molecule has 0 atom stereocenters. The third kappa shape index (κ3) is 2.53. The zero-order chi connectivity index (χ0) is 14.7. The minimum atomic E-state index is -0.623. The number of anilines is 1. The molecule has 0 saturated heterocycles. The van der Waals surface area contributed by atoms with Crippen LogP contribution in [-0.2, 0) is 9.59 Å². The van der Waals surface area contributed by atoms with E-state index < -0.39 is 17.6 Å². The Morgan fingerprint density at radius 3 is 2.75 bits per heavy atom. The van der Waals surface area contributed by atoms with E-state index in [1.54, 1.807) is 0 Å². The highest BCUT2D eigenvalue weighted by atomic mass is 19.1. The molecule has 0 aliphatic carbocycles. The van der Waals surface area contributed by atoms with Crippen LogP contribution in [0, 0.1) is 18.2 Å². The minimum absolute atomic E-state index is 0.0437. The van der Waals surface area contributed by atoms with Gasteiger partial charge in [0.15, 0.2) is 0 Å². The molecule has 2 amide bonds. The molecule has 1 aliphatic heterocycles. The van der Waals surface area contributed by atoms with Crippen LogP contribution in [0.25, 0.3) is 0 Å². The number of aliphatic hydroxyl groups is 1. The van der Waals surface area contributed by atoms with Gasteiger partial charge in [-0.3, -0.25) is 14.5 Å². The van der Waals surface area contributed by atoms with Crippen molar-refractivity contribution in [3.8, 4) is 12.3 Å². The minimum Gasteiger partial charge on any atom is -0.395 e. The van der Waals surface area contributed by atoms with Gasteiger partial charge in [0.05, 0.1) is 18.8 Å². The summed E-state index contributed by atoms with van der Waals surface area (Å²) >= 11 is 0. The Hall–Kier alpha value is -2.65. The van der Waals surface area contributed by atoms with Crippen molar-refractivity contribution in [2.75, 3.05) is 18.5 Å². The summed E-state index contributed by atoms with van der Waals surface area (Å²) in [5.41, 5.74) is 0.371. The maximum Gasteiger partial charge on any atom is 0.277 e. The summed E-state index contributed by atoms with van der Waals surface area (Å²) in [4.78, 5) is 24.2. The Balaban J connectivity index is 2.19. The Kier molecular flexibility index (Phi) is 3.82. The number of imide groups is 1. The van der Waals surface area contributed by atoms with Crippen LogP contribution in [0.1, 0.15) is 5.56 Å². The molecule has 1 heterocycles. The van der Waals surface area contributed by atoms with Crippen molar-refractivity contribution >= 4 is 17.5 Å².